The fraction of sp³-hybridized carbons (Fsp3) is 0.375. The van der Waals surface area contributed by atoms with Crippen molar-refractivity contribution in [3.63, 3.8) is 0 Å². The van der Waals surface area contributed by atoms with Crippen molar-refractivity contribution in [2.45, 2.75) is 13.8 Å². The van der Waals surface area contributed by atoms with Crippen molar-refractivity contribution in [2.75, 3.05) is 6.54 Å². The van der Waals surface area contributed by atoms with Gasteiger partial charge < -0.3 is 5.73 Å². The van der Waals surface area contributed by atoms with Crippen molar-refractivity contribution in [2.24, 2.45) is 5.73 Å². The third-order valence-electron chi connectivity index (χ3n) is 1.14. The Hall–Kier alpha value is -0.890. The first-order valence-electron chi connectivity index (χ1n) is 3.24. The SMILES string of the molecule is C/C=C(\C=C/C(C)=O)CN. The average molecular weight is 139 g/mol. The van der Waals surface area contributed by atoms with Crippen LogP contribution in [0.25, 0.3) is 0 Å². The normalized spacial score (nSPS) is 12.5. The summed E-state index contributed by atoms with van der Waals surface area (Å²) in [5.41, 5.74) is 6.32. The Morgan fingerprint density at radius 1 is 1.50 bits per heavy atom. The first-order valence-corrected chi connectivity index (χ1v) is 3.24. The van der Waals surface area contributed by atoms with Crippen LogP contribution in [0.2, 0.25) is 0 Å². The molecule has 0 saturated carbocycles. The van der Waals surface area contributed by atoms with Gasteiger partial charge in [-0.1, -0.05) is 12.2 Å². The van der Waals surface area contributed by atoms with Crippen molar-refractivity contribution in [3.05, 3.63) is 23.8 Å². The largest absolute Gasteiger partial charge is 0.327 e. The molecule has 0 radical (unpaired) electrons. The molecule has 0 bridgehead atoms. The molecule has 0 aromatic heterocycles. The van der Waals surface area contributed by atoms with Gasteiger partial charge in [0.2, 0.25) is 0 Å². The average Bonchev–Trinajstić information content (AvgIpc) is 1.90. The summed E-state index contributed by atoms with van der Waals surface area (Å²) in [5.74, 6) is 0.0489. The van der Waals surface area contributed by atoms with Crippen LogP contribution < -0.4 is 5.73 Å². The molecule has 0 aromatic rings. The third-order valence-corrected chi connectivity index (χ3v) is 1.14. The summed E-state index contributed by atoms with van der Waals surface area (Å²) >= 11 is 0. The molecule has 10 heavy (non-hydrogen) atoms. The number of ketones is 1. The number of nitrogens with two attached hydrogens (primary N) is 1. The topological polar surface area (TPSA) is 43.1 Å². The summed E-state index contributed by atoms with van der Waals surface area (Å²) in [6.07, 6.45) is 5.14. The number of hydrogen-bond donors (Lipinski definition) is 1. The highest BCUT2D eigenvalue weighted by atomic mass is 16.1. The van der Waals surface area contributed by atoms with E-state index in [1.54, 1.807) is 6.08 Å². The highest BCUT2D eigenvalue weighted by Gasteiger charge is 1.85. The van der Waals surface area contributed by atoms with E-state index in [0.29, 0.717) is 6.54 Å². The second kappa shape index (κ2) is 4.94. The molecule has 0 rings (SSSR count). The van der Waals surface area contributed by atoms with E-state index in [-0.39, 0.29) is 5.78 Å². The van der Waals surface area contributed by atoms with Crippen molar-refractivity contribution < 1.29 is 4.79 Å². The van der Waals surface area contributed by atoms with E-state index in [1.165, 1.54) is 13.0 Å². The van der Waals surface area contributed by atoms with Crippen LogP contribution in [0.15, 0.2) is 23.8 Å². The van der Waals surface area contributed by atoms with Gasteiger partial charge in [-0.25, -0.2) is 0 Å². The van der Waals surface area contributed by atoms with Crippen LogP contribution in [0.4, 0.5) is 0 Å². The fourth-order valence-corrected chi connectivity index (χ4v) is 0.507. The van der Waals surface area contributed by atoms with Crippen LogP contribution in [0.3, 0.4) is 0 Å². The minimum atomic E-state index is 0.0489. The Balaban J connectivity index is 3.98. The Morgan fingerprint density at radius 2 is 2.10 bits per heavy atom. The molecule has 0 aliphatic carbocycles. The number of rotatable bonds is 3. The fourth-order valence-electron chi connectivity index (χ4n) is 0.507. The maximum atomic E-state index is 10.4. The second-order valence-electron chi connectivity index (χ2n) is 2.01. The molecule has 56 valence electrons. The minimum Gasteiger partial charge on any atom is -0.327 e. The third kappa shape index (κ3) is 4.04. The van der Waals surface area contributed by atoms with Crippen LogP contribution in [0.5, 0.6) is 0 Å². The summed E-state index contributed by atoms with van der Waals surface area (Å²) in [7, 11) is 0. The maximum Gasteiger partial charge on any atom is 0.152 e. The Bertz CT molecular complexity index is 168. The predicted molar refractivity (Wildman–Crippen MR) is 42.6 cm³/mol. The van der Waals surface area contributed by atoms with E-state index in [0.717, 1.165) is 5.57 Å². The maximum absolute atomic E-state index is 10.4. The summed E-state index contributed by atoms with van der Waals surface area (Å²) in [4.78, 5) is 10.4. The van der Waals surface area contributed by atoms with Gasteiger partial charge in [0.15, 0.2) is 5.78 Å². The number of carbonyl (C=O) groups excluding carboxylic acids is 1. The van der Waals surface area contributed by atoms with Gasteiger partial charge >= 0.3 is 0 Å². The van der Waals surface area contributed by atoms with Gasteiger partial charge in [-0.15, -0.1) is 0 Å². The van der Waals surface area contributed by atoms with Gasteiger partial charge in [0.1, 0.15) is 0 Å². The molecular weight excluding hydrogens is 126 g/mol. The van der Waals surface area contributed by atoms with E-state index in [9.17, 15) is 4.79 Å². The lowest BCUT2D eigenvalue weighted by atomic mass is 10.2. The summed E-state index contributed by atoms with van der Waals surface area (Å²) < 4.78 is 0. The standard InChI is InChI=1S/C8H13NO/c1-3-8(6-9)5-4-7(2)10/h3-5H,6,9H2,1-2H3/b5-4-,8-3+. The van der Waals surface area contributed by atoms with Gasteiger partial charge in [0.05, 0.1) is 0 Å². The number of allylic oxidation sites excluding steroid dienone is 2. The Kier molecular flexibility index (Phi) is 4.50. The lowest BCUT2D eigenvalue weighted by molar-refractivity contribution is -0.112. The molecule has 0 aliphatic heterocycles. The van der Waals surface area contributed by atoms with Crippen LogP contribution in [0, 0.1) is 0 Å². The van der Waals surface area contributed by atoms with Gasteiger partial charge in [-0.2, -0.15) is 0 Å². The predicted octanol–water partition coefficient (Wildman–Crippen LogP) is 1.04. The number of carbonyl (C=O) groups is 1. The Morgan fingerprint density at radius 3 is 2.40 bits per heavy atom. The van der Waals surface area contributed by atoms with Crippen molar-refractivity contribution >= 4 is 5.78 Å². The van der Waals surface area contributed by atoms with E-state index >= 15 is 0 Å². The van der Waals surface area contributed by atoms with Crippen LogP contribution in [-0.2, 0) is 4.79 Å². The minimum absolute atomic E-state index is 0.0489. The summed E-state index contributed by atoms with van der Waals surface area (Å²) in [6, 6.07) is 0. The van der Waals surface area contributed by atoms with Crippen LogP contribution in [-0.4, -0.2) is 12.3 Å². The lowest BCUT2D eigenvalue weighted by Gasteiger charge is -1.91. The monoisotopic (exact) mass is 139 g/mol. The molecule has 0 aliphatic rings. The first-order chi connectivity index (χ1) is 4.70. The molecule has 2 N–H and O–H groups in total. The summed E-state index contributed by atoms with van der Waals surface area (Å²) in [5, 5.41) is 0. The van der Waals surface area contributed by atoms with E-state index in [1.807, 2.05) is 13.0 Å². The molecular formula is C8H13NO. The van der Waals surface area contributed by atoms with Crippen LogP contribution >= 0.6 is 0 Å². The zero-order valence-electron chi connectivity index (χ0n) is 6.42. The van der Waals surface area contributed by atoms with E-state index in [4.69, 9.17) is 5.73 Å². The van der Waals surface area contributed by atoms with Gasteiger partial charge in [0, 0.05) is 6.54 Å². The molecule has 0 saturated heterocycles. The molecule has 2 nitrogen and oxygen atoms in total. The van der Waals surface area contributed by atoms with Crippen molar-refractivity contribution in [1.29, 1.82) is 0 Å². The smallest absolute Gasteiger partial charge is 0.152 e. The molecule has 0 amide bonds. The van der Waals surface area contributed by atoms with Gasteiger partial charge in [-0.05, 0) is 25.5 Å². The highest BCUT2D eigenvalue weighted by Crippen LogP contribution is 1.92. The second-order valence-corrected chi connectivity index (χ2v) is 2.01. The molecule has 2 heteroatoms. The van der Waals surface area contributed by atoms with Crippen LogP contribution in [0.1, 0.15) is 13.8 Å². The summed E-state index contributed by atoms with van der Waals surface area (Å²) in [6.45, 7) is 3.90. The van der Waals surface area contributed by atoms with Crippen molar-refractivity contribution in [3.8, 4) is 0 Å². The lowest BCUT2D eigenvalue weighted by Crippen LogP contribution is -2.00. The molecule has 0 aromatic carbocycles. The zero-order valence-corrected chi connectivity index (χ0v) is 6.42. The molecule has 0 unspecified atom stereocenters. The first kappa shape index (κ1) is 9.11. The van der Waals surface area contributed by atoms with Gasteiger partial charge in [0.25, 0.3) is 0 Å². The highest BCUT2D eigenvalue weighted by molar-refractivity contribution is 5.87. The molecule has 0 heterocycles. The quantitative estimate of drug-likeness (QED) is 0.469. The van der Waals surface area contributed by atoms with E-state index in [2.05, 4.69) is 0 Å². The molecule has 0 fully saturated rings. The van der Waals surface area contributed by atoms with E-state index < -0.39 is 0 Å². The molecule has 0 spiro atoms. The Labute approximate surface area is 61.4 Å². The molecule has 0 atom stereocenters. The zero-order chi connectivity index (χ0) is 7.98. The van der Waals surface area contributed by atoms with Crippen molar-refractivity contribution in [1.82, 2.24) is 0 Å². The number of hydrogen-bond acceptors (Lipinski definition) is 2. The van der Waals surface area contributed by atoms with Gasteiger partial charge in [-0.3, -0.25) is 4.79 Å².